The average molecular weight is 314 g/mol. The smallest absolute Gasteiger partial charge is 0.274 e. The molecule has 2 aromatic heterocycles. The van der Waals surface area contributed by atoms with Gasteiger partial charge in [0.25, 0.3) is 5.91 Å². The zero-order valence-corrected chi connectivity index (χ0v) is 13.9. The third kappa shape index (κ3) is 3.49. The van der Waals surface area contributed by atoms with Crippen LogP contribution in [0.3, 0.4) is 0 Å². The monoisotopic (exact) mass is 314 g/mol. The lowest BCUT2D eigenvalue weighted by Gasteiger charge is -2.23. The van der Waals surface area contributed by atoms with E-state index in [9.17, 15) is 4.79 Å². The predicted octanol–water partition coefficient (Wildman–Crippen LogP) is 1.18. The van der Waals surface area contributed by atoms with Gasteiger partial charge in [0.2, 0.25) is 0 Å². The van der Waals surface area contributed by atoms with Crippen LogP contribution >= 0.6 is 0 Å². The highest BCUT2D eigenvalue weighted by Crippen LogP contribution is 2.16. The van der Waals surface area contributed by atoms with Crippen molar-refractivity contribution in [1.82, 2.24) is 24.6 Å². The van der Waals surface area contributed by atoms with E-state index in [2.05, 4.69) is 20.0 Å². The van der Waals surface area contributed by atoms with Crippen molar-refractivity contribution >= 4 is 11.7 Å². The molecule has 1 amide bonds. The fourth-order valence-electron chi connectivity index (χ4n) is 2.90. The van der Waals surface area contributed by atoms with E-state index >= 15 is 0 Å². The fourth-order valence-corrected chi connectivity index (χ4v) is 2.90. The Hall–Kier alpha value is -2.44. The van der Waals surface area contributed by atoms with E-state index in [1.807, 2.05) is 31.9 Å². The lowest BCUT2D eigenvalue weighted by Crippen LogP contribution is -2.35. The third-order valence-corrected chi connectivity index (χ3v) is 3.99. The van der Waals surface area contributed by atoms with Gasteiger partial charge in [-0.25, -0.2) is 9.97 Å². The second-order valence-corrected chi connectivity index (χ2v) is 5.92. The maximum Gasteiger partial charge on any atom is 0.274 e. The molecule has 1 fully saturated rings. The number of carbonyl (C=O) groups is 1. The third-order valence-electron chi connectivity index (χ3n) is 3.99. The van der Waals surface area contributed by atoms with Crippen molar-refractivity contribution in [3.63, 3.8) is 0 Å². The van der Waals surface area contributed by atoms with Gasteiger partial charge in [0.05, 0.1) is 0 Å². The number of rotatable bonds is 2. The molecule has 3 heterocycles. The molecule has 0 unspecified atom stereocenters. The summed E-state index contributed by atoms with van der Waals surface area (Å²) in [6.07, 6.45) is 2.71. The Kier molecular flexibility index (Phi) is 4.27. The number of aromatic nitrogens is 4. The minimum absolute atomic E-state index is 0.00231. The van der Waals surface area contributed by atoms with Crippen molar-refractivity contribution < 1.29 is 4.79 Å². The maximum absolute atomic E-state index is 12.5. The highest BCUT2D eigenvalue weighted by atomic mass is 16.2. The molecule has 3 rings (SSSR count). The quantitative estimate of drug-likeness (QED) is 0.833. The summed E-state index contributed by atoms with van der Waals surface area (Å²) in [5.41, 5.74) is 1.48. The van der Waals surface area contributed by atoms with Gasteiger partial charge in [-0.3, -0.25) is 9.48 Å². The van der Waals surface area contributed by atoms with Crippen molar-refractivity contribution in [3.05, 3.63) is 35.5 Å². The Morgan fingerprint density at radius 1 is 1.13 bits per heavy atom. The molecule has 1 saturated heterocycles. The van der Waals surface area contributed by atoms with Crippen LogP contribution in [0.15, 0.2) is 18.3 Å². The molecule has 7 heteroatoms. The van der Waals surface area contributed by atoms with Gasteiger partial charge in [-0.15, -0.1) is 0 Å². The molecule has 0 bridgehead atoms. The molecule has 1 aliphatic rings. The Morgan fingerprint density at radius 2 is 1.96 bits per heavy atom. The van der Waals surface area contributed by atoms with Gasteiger partial charge < -0.3 is 9.80 Å². The van der Waals surface area contributed by atoms with Crippen LogP contribution in [0.2, 0.25) is 0 Å². The molecule has 0 radical (unpaired) electrons. The zero-order valence-electron chi connectivity index (χ0n) is 13.9. The van der Waals surface area contributed by atoms with Crippen LogP contribution in [0.25, 0.3) is 0 Å². The number of amides is 1. The molecule has 2 aromatic rings. The van der Waals surface area contributed by atoms with Gasteiger partial charge >= 0.3 is 0 Å². The highest BCUT2D eigenvalue weighted by molar-refractivity contribution is 5.92. The van der Waals surface area contributed by atoms with E-state index in [1.165, 1.54) is 0 Å². The van der Waals surface area contributed by atoms with Crippen LogP contribution in [-0.4, -0.2) is 56.7 Å². The Bertz CT molecular complexity index is 690. The SMILES string of the molecule is Cc1cc(N2CCCN(C(=O)c3ccn(C)n3)CC2)nc(C)n1. The Morgan fingerprint density at radius 3 is 2.65 bits per heavy atom. The van der Waals surface area contributed by atoms with E-state index in [0.29, 0.717) is 12.2 Å². The van der Waals surface area contributed by atoms with Crippen LogP contribution in [0.1, 0.15) is 28.4 Å². The van der Waals surface area contributed by atoms with Gasteiger partial charge in [0, 0.05) is 51.2 Å². The lowest BCUT2D eigenvalue weighted by atomic mass is 10.3. The summed E-state index contributed by atoms with van der Waals surface area (Å²) in [7, 11) is 1.82. The first-order chi connectivity index (χ1) is 11.0. The number of hydrogen-bond acceptors (Lipinski definition) is 5. The van der Waals surface area contributed by atoms with Crippen LogP contribution in [0, 0.1) is 13.8 Å². The van der Waals surface area contributed by atoms with Crippen LogP contribution in [-0.2, 0) is 7.05 Å². The molecule has 1 aliphatic heterocycles. The second kappa shape index (κ2) is 6.36. The molecule has 0 N–H and O–H groups in total. The first kappa shape index (κ1) is 15.5. The summed E-state index contributed by atoms with van der Waals surface area (Å²) in [5, 5.41) is 4.21. The van der Waals surface area contributed by atoms with Crippen molar-refractivity contribution in [2.75, 3.05) is 31.1 Å². The maximum atomic E-state index is 12.5. The summed E-state index contributed by atoms with van der Waals surface area (Å²) in [5.74, 6) is 1.73. The van der Waals surface area contributed by atoms with Gasteiger partial charge in [-0.1, -0.05) is 0 Å². The summed E-state index contributed by atoms with van der Waals surface area (Å²) in [6, 6.07) is 3.77. The van der Waals surface area contributed by atoms with E-state index in [1.54, 1.807) is 16.9 Å². The van der Waals surface area contributed by atoms with E-state index < -0.39 is 0 Å². The molecular formula is C16H22N6O. The molecule has 122 valence electrons. The van der Waals surface area contributed by atoms with Gasteiger partial charge in [0.15, 0.2) is 0 Å². The van der Waals surface area contributed by atoms with Crippen molar-refractivity contribution in [1.29, 1.82) is 0 Å². The van der Waals surface area contributed by atoms with Crippen LogP contribution in [0.5, 0.6) is 0 Å². The highest BCUT2D eigenvalue weighted by Gasteiger charge is 2.22. The van der Waals surface area contributed by atoms with E-state index in [0.717, 1.165) is 43.4 Å². The molecule has 7 nitrogen and oxygen atoms in total. The minimum atomic E-state index is 0.00231. The minimum Gasteiger partial charge on any atom is -0.355 e. The van der Waals surface area contributed by atoms with Crippen LogP contribution < -0.4 is 4.90 Å². The predicted molar refractivity (Wildman–Crippen MR) is 87.4 cm³/mol. The van der Waals surface area contributed by atoms with Gasteiger partial charge in [-0.2, -0.15) is 5.10 Å². The van der Waals surface area contributed by atoms with Crippen molar-refractivity contribution in [2.24, 2.45) is 7.05 Å². The Balaban J connectivity index is 1.70. The molecule has 0 atom stereocenters. The average Bonchev–Trinajstić information content (AvgIpc) is 2.79. The molecule has 0 aromatic carbocycles. The first-order valence-electron chi connectivity index (χ1n) is 7.89. The number of hydrogen-bond donors (Lipinski definition) is 0. The van der Waals surface area contributed by atoms with E-state index in [4.69, 9.17) is 0 Å². The summed E-state index contributed by atoms with van der Waals surface area (Å²) in [6.45, 7) is 6.97. The van der Waals surface area contributed by atoms with Crippen molar-refractivity contribution in [3.8, 4) is 0 Å². The van der Waals surface area contributed by atoms with Gasteiger partial charge in [0.1, 0.15) is 17.3 Å². The summed E-state index contributed by atoms with van der Waals surface area (Å²) >= 11 is 0. The largest absolute Gasteiger partial charge is 0.355 e. The van der Waals surface area contributed by atoms with E-state index in [-0.39, 0.29) is 5.91 Å². The summed E-state index contributed by atoms with van der Waals surface area (Å²) in [4.78, 5) is 25.5. The molecule has 0 aliphatic carbocycles. The molecule has 0 spiro atoms. The fraction of sp³-hybridized carbons (Fsp3) is 0.500. The van der Waals surface area contributed by atoms with Gasteiger partial charge in [-0.05, 0) is 26.3 Å². The number of anilines is 1. The second-order valence-electron chi connectivity index (χ2n) is 5.92. The zero-order chi connectivity index (χ0) is 16.4. The number of carbonyl (C=O) groups excluding carboxylic acids is 1. The Labute approximate surface area is 135 Å². The normalized spacial score (nSPS) is 15.6. The number of aryl methyl sites for hydroxylation is 3. The molecule has 0 saturated carbocycles. The van der Waals surface area contributed by atoms with Crippen molar-refractivity contribution in [2.45, 2.75) is 20.3 Å². The summed E-state index contributed by atoms with van der Waals surface area (Å²) < 4.78 is 1.66. The standard InChI is InChI=1S/C16H22N6O/c1-12-11-15(18-13(2)17-12)21-6-4-7-22(10-9-21)16(23)14-5-8-20(3)19-14/h5,8,11H,4,6-7,9-10H2,1-3H3. The lowest BCUT2D eigenvalue weighted by molar-refractivity contribution is 0.0760. The first-order valence-corrected chi connectivity index (χ1v) is 7.89. The molecule has 23 heavy (non-hydrogen) atoms. The topological polar surface area (TPSA) is 67.2 Å². The van der Waals surface area contributed by atoms with Crippen LogP contribution in [0.4, 0.5) is 5.82 Å². The molecular weight excluding hydrogens is 292 g/mol. The number of nitrogens with zero attached hydrogens (tertiary/aromatic N) is 6.